The second kappa shape index (κ2) is 4.13. The Morgan fingerprint density at radius 2 is 1.60 bits per heavy atom. The highest BCUT2D eigenvalue weighted by molar-refractivity contribution is 5.47. The van der Waals surface area contributed by atoms with E-state index in [2.05, 4.69) is 5.32 Å². The summed E-state index contributed by atoms with van der Waals surface area (Å²) in [6.45, 7) is 5.63. The summed E-state index contributed by atoms with van der Waals surface area (Å²) in [5.41, 5.74) is -0.369. The molecule has 0 saturated carbocycles. The average Bonchev–Trinajstić information content (AvgIpc) is 2.14. The largest absolute Gasteiger partial charge is 0.378 e. The molecule has 0 unspecified atom stereocenters. The Balaban J connectivity index is 3.01. The summed E-state index contributed by atoms with van der Waals surface area (Å²) in [4.78, 5) is 0. The molecular formula is C11H14F3N. The Morgan fingerprint density at radius 1 is 1.07 bits per heavy atom. The molecule has 0 aromatic heterocycles. The standard InChI is InChI=1S/C11H14F3N/c1-4-11(2,3)15-10-6-8(13)7(12)5-9(10)14/h5-6,15H,4H2,1-3H3. The normalized spacial score (nSPS) is 11.6. The molecule has 4 heteroatoms. The molecule has 1 aromatic carbocycles. The fraction of sp³-hybridized carbons (Fsp3) is 0.455. The molecule has 1 aromatic rings. The smallest absolute Gasteiger partial charge is 0.161 e. The maximum absolute atomic E-state index is 13.2. The summed E-state index contributed by atoms with van der Waals surface area (Å²) in [7, 11) is 0. The maximum atomic E-state index is 13.2. The Kier molecular flexibility index (Phi) is 3.27. The van der Waals surface area contributed by atoms with Crippen molar-refractivity contribution in [3.63, 3.8) is 0 Å². The lowest BCUT2D eigenvalue weighted by atomic mass is 10.0. The minimum Gasteiger partial charge on any atom is -0.378 e. The molecule has 15 heavy (non-hydrogen) atoms. The first-order valence-corrected chi connectivity index (χ1v) is 4.78. The van der Waals surface area contributed by atoms with Gasteiger partial charge in [0.25, 0.3) is 0 Å². The minimum atomic E-state index is -1.17. The van der Waals surface area contributed by atoms with E-state index in [1.165, 1.54) is 0 Å². The fourth-order valence-corrected chi connectivity index (χ4v) is 1.07. The second-order valence-electron chi connectivity index (χ2n) is 4.11. The predicted octanol–water partition coefficient (Wildman–Crippen LogP) is 3.70. The lowest BCUT2D eigenvalue weighted by molar-refractivity contribution is 0.490. The van der Waals surface area contributed by atoms with Gasteiger partial charge in [-0.15, -0.1) is 0 Å². The van der Waals surface area contributed by atoms with Crippen molar-refractivity contribution in [2.45, 2.75) is 32.7 Å². The molecule has 0 bridgehead atoms. The van der Waals surface area contributed by atoms with Gasteiger partial charge in [-0.2, -0.15) is 0 Å². The summed E-state index contributed by atoms with van der Waals surface area (Å²) in [6.07, 6.45) is 0.742. The highest BCUT2D eigenvalue weighted by atomic mass is 19.2. The Morgan fingerprint density at radius 3 is 2.13 bits per heavy atom. The second-order valence-corrected chi connectivity index (χ2v) is 4.11. The molecule has 84 valence electrons. The molecule has 0 amide bonds. The van der Waals surface area contributed by atoms with Gasteiger partial charge in [-0.25, -0.2) is 13.2 Å². The van der Waals surface area contributed by atoms with Crippen LogP contribution in [0.15, 0.2) is 12.1 Å². The van der Waals surface area contributed by atoms with E-state index in [-0.39, 0.29) is 11.2 Å². The summed E-state index contributed by atoms with van der Waals surface area (Å²) in [5, 5.41) is 2.82. The van der Waals surface area contributed by atoms with E-state index in [4.69, 9.17) is 0 Å². The number of benzene rings is 1. The third kappa shape index (κ3) is 2.88. The van der Waals surface area contributed by atoms with Gasteiger partial charge in [0, 0.05) is 17.7 Å². The topological polar surface area (TPSA) is 12.0 Å². The number of hydrogen-bond acceptors (Lipinski definition) is 1. The zero-order chi connectivity index (χ0) is 11.6. The van der Waals surface area contributed by atoms with Crippen molar-refractivity contribution in [2.24, 2.45) is 0 Å². The van der Waals surface area contributed by atoms with Crippen LogP contribution >= 0.6 is 0 Å². The van der Waals surface area contributed by atoms with Gasteiger partial charge >= 0.3 is 0 Å². The highest BCUT2D eigenvalue weighted by Crippen LogP contribution is 2.23. The first-order valence-electron chi connectivity index (χ1n) is 4.78. The number of hydrogen-bond donors (Lipinski definition) is 1. The van der Waals surface area contributed by atoms with Gasteiger partial charge in [0.15, 0.2) is 11.6 Å². The van der Waals surface area contributed by atoms with Crippen molar-refractivity contribution in [1.29, 1.82) is 0 Å². The number of halogens is 3. The number of rotatable bonds is 3. The van der Waals surface area contributed by atoms with E-state index in [1.54, 1.807) is 0 Å². The molecule has 1 N–H and O–H groups in total. The van der Waals surface area contributed by atoms with E-state index in [1.807, 2.05) is 20.8 Å². The lowest BCUT2D eigenvalue weighted by Gasteiger charge is -2.26. The van der Waals surface area contributed by atoms with Crippen molar-refractivity contribution < 1.29 is 13.2 Å². The molecule has 0 atom stereocenters. The summed E-state index contributed by atoms with van der Waals surface area (Å²) in [6, 6.07) is 1.38. The fourth-order valence-electron chi connectivity index (χ4n) is 1.07. The number of anilines is 1. The van der Waals surface area contributed by atoms with Gasteiger partial charge in [0.05, 0.1) is 5.69 Å². The van der Waals surface area contributed by atoms with Crippen molar-refractivity contribution in [1.82, 2.24) is 0 Å². The van der Waals surface area contributed by atoms with Crippen LogP contribution in [0.2, 0.25) is 0 Å². The van der Waals surface area contributed by atoms with Crippen LogP contribution in [0.25, 0.3) is 0 Å². The third-order valence-electron chi connectivity index (χ3n) is 2.37. The van der Waals surface area contributed by atoms with E-state index < -0.39 is 17.5 Å². The molecule has 0 spiro atoms. The quantitative estimate of drug-likeness (QED) is 0.761. The van der Waals surface area contributed by atoms with Crippen LogP contribution in [0.4, 0.5) is 18.9 Å². The minimum absolute atomic E-state index is 0.0132. The molecule has 0 radical (unpaired) electrons. The van der Waals surface area contributed by atoms with Gasteiger partial charge in [-0.05, 0) is 20.3 Å². The SMILES string of the molecule is CCC(C)(C)Nc1cc(F)c(F)cc1F. The van der Waals surface area contributed by atoms with Crippen molar-refractivity contribution >= 4 is 5.69 Å². The summed E-state index contributed by atoms with van der Waals surface area (Å²) < 4.78 is 38.7. The van der Waals surface area contributed by atoms with E-state index >= 15 is 0 Å². The third-order valence-corrected chi connectivity index (χ3v) is 2.37. The van der Waals surface area contributed by atoms with Crippen LogP contribution in [0.1, 0.15) is 27.2 Å². The van der Waals surface area contributed by atoms with Gasteiger partial charge in [-0.1, -0.05) is 6.92 Å². The Hall–Kier alpha value is -1.19. The Bertz CT molecular complexity index is 361. The van der Waals surface area contributed by atoms with Crippen LogP contribution in [-0.2, 0) is 0 Å². The molecule has 0 heterocycles. The predicted molar refractivity (Wildman–Crippen MR) is 54.3 cm³/mol. The van der Waals surface area contributed by atoms with E-state index in [0.717, 1.165) is 12.5 Å². The molecule has 1 rings (SSSR count). The molecule has 0 fully saturated rings. The van der Waals surface area contributed by atoms with Gasteiger partial charge in [-0.3, -0.25) is 0 Å². The maximum Gasteiger partial charge on any atom is 0.161 e. The van der Waals surface area contributed by atoms with Crippen LogP contribution in [0, 0.1) is 17.5 Å². The lowest BCUT2D eigenvalue weighted by Crippen LogP contribution is -2.30. The van der Waals surface area contributed by atoms with Gasteiger partial charge in [0.2, 0.25) is 0 Å². The number of nitrogens with one attached hydrogen (secondary N) is 1. The van der Waals surface area contributed by atoms with Gasteiger partial charge < -0.3 is 5.32 Å². The van der Waals surface area contributed by atoms with Gasteiger partial charge in [0.1, 0.15) is 5.82 Å². The first kappa shape index (κ1) is 11.9. The summed E-state index contributed by atoms with van der Waals surface area (Å²) >= 11 is 0. The average molecular weight is 217 g/mol. The molecular weight excluding hydrogens is 203 g/mol. The zero-order valence-electron chi connectivity index (χ0n) is 9.00. The Labute approximate surface area is 87.3 Å². The highest BCUT2D eigenvalue weighted by Gasteiger charge is 2.18. The zero-order valence-corrected chi connectivity index (χ0v) is 9.00. The van der Waals surface area contributed by atoms with Crippen LogP contribution in [0.5, 0.6) is 0 Å². The van der Waals surface area contributed by atoms with E-state index in [0.29, 0.717) is 6.07 Å². The molecule has 0 aliphatic carbocycles. The molecule has 0 aliphatic rings. The van der Waals surface area contributed by atoms with Crippen molar-refractivity contribution in [3.05, 3.63) is 29.6 Å². The molecule has 0 saturated heterocycles. The van der Waals surface area contributed by atoms with E-state index in [9.17, 15) is 13.2 Å². The summed E-state index contributed by atoms with van der Waals surface area (Å²) in [5.74, 6) is -3.01. The molecule has 1 nitrogen and oxygen atoms in total. The monoisotopic (exact) mass is 217 g/mol. The molecule has 0 aliphatic heterocycles. The first-order chi connectivity index (χ1) is 6.85. The van der Waals surface area contributed by atoms with Crippen molar-refractivity contribution in [3.8, 4) is 0 Å². The van der Waals surface area contributed by atoms with Crippen LogP contribution < -0.4 is 5.32 Å². The van der Waals surface area contributed by atoms with Crippen LogP contribution in [-0.4, -0.2) is 5.54 Å². The van der Waals surface area contributed by atoms with Crippen LogP contribution in [0.3, 0.4) is 0 Å². The van der Waals surface area contributed by atoms with Crippen molar-refractivity contribution in [2.75, 3.05) is 5.32 Å².